The van der Waals surface area contributed by atoms with Gasteiger partial charge in [0.15, 0.2) is 0 Å². The lowest BCUT2D eigenvalue weighted by atomic mass is 10.1. The van der Waals surface area contributed by atoms with Gasteiger partial charge in [0.25, 0.3) is 0 Å². The van der Waals surface area contributed by atoms with Gasteiger partial charge in [0.05, 0.1) is 0 Å². The minimum atomic E-state index is -6.00. The van der Waals surface area contributed by atoms with Crippen molar-refractivity contribution in [3.63, 3.8) is 0 Å². The SMILES string of the molecule is C[C@@H](c1ccccc1)n1cc[n+]([C@@H](C)c2ccccc2)c1.F[B-](F)(F)F. The summed E-state index contributed by atoms with van der Waals surface area (Å²) in [5, 5.41) is 0. The van der Waals surface area contributed by atoms with Crippen LogP contribution in [0, 0.1) is 0 Å². The van der Waals surface area contributed by atoms with Crippen molar-refractivity contribution in [1.29, 1.82) is 0 Å². The summed E-state index contributed by atoms with van der Waals surface area (Å²) in [6, 6.07) is 21.9. The van der Waals surface area contributed by atoms with Gasteiger partial charge in [0.1, 0.15) is 24.5 Å². The number of benzene rings is 2. The standard InChI is InChI=1S/C19H21N2.BF4/c1-16(18-9-5-3-6-10-18)20-13-14-21(15-20)17(2)19-11-7-4-8-12-19;2-1(3,4)5/h3-17H,1-2H3;/q+1;-1/t16-,17-;/m0./s1. The van der Waals surface area contributed by atoms with Gasteiger partial charge in [-0.15, -0.1) is 0 Å². The van der Waals surface area contributed by atoms with Crippen LogP contribution in [0.1, 0.15) is 37.1 Å². The van der Waals surface area contributed by atoms with Gasteiger partial charge in [0.2, 0.25) is 6.33 Å². The zero-order valence-electron chi connectivity index (χ0n) is 14.6. The molecule has 0 bridgehead atoms. The molecule has 0 spiro atoms. The predicted octanol–water partition coefficient (Wildman–Crippen LogP) is 5.29. The Bertz CT molecular complexity index is 722. The number of hydrogen-bond donors (Lipinski definition) is 0. The first kappa shape index (κ1) is 19.8. The van der Waals surface area contributed by atoms with E-state index in [0.717, 1.165) is 0 Å². The van der Waals surface area contributed by atoms with Gasteiger partial charge in [-0.25, -0.2) is 9.13 Å². The van der Waals surface area contributed by atoms with Gasteiger partial charge in [-0.2, -0.15) is 0 Å². The van der Waals surface area contributed by atoms with Crippen molar-refractivity contribution in [3.05, 3.63) is 90.5 Å². The van der Waals surface area contributed by atoms with E-state index in [1.54, 1.807) is 0 Å². The number of hydrogen-bond acceptors (Lipinski definition) is 0. The second-order valence-corrected chi connectivity index (χ2v) is 5.98. The molecule has 0 amide bonds. The third kappa shape index (κ3) is 6.06. The molecule has 0 aliphatic carbocycles. The molecule has 3 rings (SSSR count). The number of rotatable bonds is 4. The largest absolute Gasteiger partial charge is 0.673 e. The van der Waals surface area contributed by atoms with Crippen molar-refractivity contribution in [1.82, 2.24) is 4.57 Å². The Balaban J connectivity index is 0.000000431. The first-order valence-electron chi connectivity index (χ1n) is 8.31. The number of aromatic nitrogens is 2. The molecule has 0 unspecified atom stereocenters. The Morgan fingerprint density at radius 2 is 1.27 bits per heavy atom. The molecule has 2 aromatic carbocycles. The third-order valence-corrected chi connectivity index (χ3v) is 4.14. The molecular weight excluding hydrogens is 343 g/mol. The number of imidazole rings is 1. The Morgan fingerprint density at radius 3 is 1.77 bits per heavy atom. The van der Waals surface area contributed by atoms with E-state index in [-0.39, 0.29) is 0 Å². The quantitative estimate of drug-likeness (QED) is 0.338. The second-order valence-electron chi connectivity index (χ2n) is 5.98. The summed E-state index contributed by atoms with van der Waals surface area (Å²) in [5.74, 6) is 0. The molecule has 7 heteroatoms. The van der Waals surface area contributed by atoms with Crippen LogP contribution in [-0.4, -0.2) is 11.8 Å². The highest BCUT2D eigenvalue weighted by molar-refractivity contribution is 6.50. The van der Waals surface area contributed by atoms with E-state index in [0.29, 0.717) is 12.1 Å². The van der Waals surface area contributed by atoms with Gasteiger partial charge in [-0.05, 0) is 25.0 Å². The van der Waals surface area contributed by atoms with Crippen LogP contribution in [0.15, 0.2) is 79.4 Å². The average Bonchev–Trinajstić information content (AvgIpc) is 3.10. The Labute approximate surface area is 150 Å². The second kappa shape index (κ2) is 8.69. The monoisotopic (exact) mass is 364 g/mol. The molecular formula is C19H21BF4N2. The summed E-state index contributed by atoms with van der Waals surface area (Å²) in [6.45, 7) is 4.46. The molecule has 0 radical (unpaired) electrons. The van der Waals surface area contributed by atoms with Crippen molar-refractivity contribution in [2.45, 2.75) is 25.9 Å². The third-order valence-electron chi connectivity index (χ3n) is 4.14. The molecule has 0 aliphatic heterocycles. The summed E-state index contributed by atoms with van der Waals surface area (Å²) in [4.78, 5) is 0. The molecule has 0 saturated heterocycles. The number of nitrogens with zero attached hydrogens (tertiary/aromatic N) is 2. The molecule has 2 nitrogen and oxygen atoms in total. The lowest BCUT2D eigenvalue weighted by Crippen LogP contribution is -2.36. The highest BCUT2D eigenvalue weighted by Gasteiger charge is 2.20. The molecule has 0 saturated carbocycles. The zero-order chi connectivity index (χ0) is 19.2. The van der Waals surface area contributed by atoms with Crippen molar-refractivity contribution in [2.75, 3.05) is 0 Å². The smallest absolute Gasteiger partial charge is 0.418 e. The predicted molar refractivity (Wildman–Crippen MR) is 95.3 cm³/mol. The van der Waals surface area contributed by atoms with Crippen LogP contribution in [0.3, 0.4) is 0 Å². The van der Waals surface area contributed by atoms with E-state index < -0.39 is 7.25 Å². The fourth-order valence-corrected chi connectivity index (χ4v) is 2.65. The van der Waals surface area contributed by atoms with Crippen LogP contribution in [0.4, 0.5) is 17.3 Å². The fourth-order valence-electron chi connectivity index (χ4n) is 2.65. The van der Waals surface area contributed by atoms with Crippen LogP contribution < -0.4 is 4.57 Å². The van der Waals surface area contributed by atoms with E-state index >= 15 is 0 Å². The molecule has 1 aromatic heterocycles. The highest BCUT2D eigenvalue weighted by Crippen LogP contribution is 2.17. The maximum absolute atomic E-state index is 9.75. The molecule has 0 aliphatic rings. The van der Waals surface area contributed by atoms with Crippen LogP contribution in [-0.2, 0) is 0 Å². The van der Waals surface area contributed by atoms with Crippen LogP contribution in [0.5, 0.6) is 0 Å². The molecule has 1 heterocycles. The van der Waals surface area contributed by atoms with Gasteiger partial charge >= 0.3 is 7.25 Å². The van der Waals surface area contributed by atoms with Gasteiger partial charge in [-0.1, -0.05) is 60.7 Å². The van der Waals surface area contributed by atoms with Crippen molar-refractivity contribution in [3.8, 4) is 0 Å². The van der Waals surface area contributed by atoms with Crippen LogP contribution in [0.25, 0.3) is 0 Å². The lowest BCUT2D eigenvalue weighted by molar-refractivity contribution is -0.710. The van der Waals surface area contributed by atoms with Crippen molar-refractivity contribution >= 4 is 7.25 Å². The minimum Gasteiger partial charge on any atom is -0.418 e. The minimum absolute atomic E-state index is 0.343. The Hall–Kier alpha value is -2.57. The Kier molecular flexibility index (Phi) is 6.61. The van der Waals surface area contributed by atoms with Gasteiger partial charge in [-0.3, -0.25) is 0 Å². The maximum Gasteiger partial charge on any atom is 0.673 e. The van der Waals surface area contributed by atoms with Crippen molar-refractivity contribution < 1.29 is 21.8 Å². The average molecular weight is 364 g/mol. The van der Waals surface area contributed by atoms with Gasteiger partial charge in [0, 0.05) is 0 Å². The molecule has 26 heavy (non-hydrogen) atoms. The molecule has 0 fully saturated rings. The molecule has 3 aromatic rings. The Morgan fingerprint density at radius 1 is 0.808 bits per heavy atom. The van der Waals surface area contributed by atoms with E-state index in [2.05, 4.69) is 102 Å². The molecule has 0 N–H and O–H groups in total. The maximum atomic E-state index is 9.75. The first-order chi connectivity index (χ1) is 12.3. The lowest BCUT2D eigenvalue weighted by Gasteiger charge is -2.09. The van der Waals surface area contributed by atoms with E-state index in [9.17, 15) is 17.3 Å². The van der Waals surface area contributed by atoms with Gasteiger partial charge < -0.3 is 17.3 Å². The number of halogens is 4. The first-order valence-corrected chi connectivity index (χ1v) is 8.31. The van der Waals surface area contributed by atoms with E-state index in [1.807, 2.05) is 0 Å². The molecule has 138 valence electrons. The zero-order valence-corrected chi connectivity index (χ0v) is 14.6. The van der Waals surface area contributed by atoms with Crippen LogP contribution >= 0.6 is 0 Å². The topological polar surface area (TPSA) is 8.81 Å². The summed E-state index contributed by atoms with van der Waals surface area (Å²) < 4.78 is 43.5. The highest BCUT2D eigenvalue weighted by atomic mass is 19.5. The fraction of sp³-hybridized carbons (Fsp3) is 0.211. The van der Waals surface area contributed by atoms with Crippen LogP contribution in [0.2, 0.25) is 0 Å². The summed E-state index contributed by atoms with van der Waals surface area (Å²) in [6.07, 6.45) is 6.49. The summed E-state index contributed by atoms with van der Waals surface area (Å²) >= 11 is 0. The summed E-state index contributed by atoms with van der Waals surface area (Å²) in [7, 11) is -6.00. The molecule has 2 atom stereocenters. The van der Waals surface area contributed by atoms with Crippen molar-refractivity contribution in [2.24, 2.45) is 0 Å². The van der Waals surface area contributed by atoms with E-state index in [1.165, 1.54) is 11.1 Å². The summed E-state index contributed by atoms with van der Waals surface area (Å²) in [5.41, 5.74) is 2.65. The van der Waals surface area contributed by atoms with E-state index in [4.69, 9.17) is 0 Å². The normalized spacial score (nSPS) is 13.5.